The van der Waals surface area contributed by atoms with Crippen LogP contribution in [0.15, 0.2) is 5.38 Å². The van der Waals surface area contributed by atoms with Gasteiger partial charge in [-0.05, 0) is 25.2 Å². The van der Waals surface area contributed by atoms with Crippen LogP contribution in [0.25, 0.3) is 0 Å². The number of carbonyl (C=O) groups excluding carboxylic acids is 2. The van der Waals surface area contributed by atoms with Crippen molar-refractivity contribution in [2.75, 3.05) is 19.0 Å². The van der Waals surface area contributed by atoms with Crippen LogP contribution >= 0.6 is 11.3 Å². The summed E-state index contributed by atoms with van der Waals surface area (Å²) in [6, 6.07) is 0. The van der Waals surface area contributed by atoms with Crippen LogP contribution in [0.2, 0.25) is 0 Å². The fourth-order valence-electron chi connectivity index (χ4n) is 2.20. The van der Waals surface area contributed by atoms with Gasteiger partial charge in [0.1, 0.15) is 6.10 Å². The van der Waals surface area contributed by atoms with Crippen LogP contribution in [0.4, 0.5) is 5.13 Å². The third kappa shape index (κ3) is 4.50. The number of nitrogens with zero attached hydrogens (tertiary/aromatic N) is 1. The molecule has 1 fully saturated rings. The number of hydrogen-bond acceptors (Lipinski definition) is 6. The lowest BCUT2D eigenvalue weighted by Gasteiger charge is -2.12. The minimum Gasteiger partial charge on any atom is -0.469 e. The number of rotatable bonds is 6. The minimum atomic E-state index is -0.378. The van der Waals surface area contributed by atoms with Crippen LogP contribution in [-0.2, 0) is 25.5 Å². The molecule has 1 N–H and O–H groups in total. The van der Waals surface area contributed by atoms with Crippen molar-refractivity contribution in [1.29, 1.82) is 0 Å². The molecule has 2 unspecified atom stereocenters. The first-order chi connectivity index (χ1) is 10.1. The second kappa shape index (κ2) is 7.51. The number of methoxy groups -OCH3 is 1. The Morgan fingerprint density at radius 1 is 1.57 bits per heavy atom. The smallest absolute Gasteiger partial charge is 0.305 e. The third-order valence-corrected chi connectivity index (χ3v) is 4.28. The van der Waals surface area contributed by atoms with Gasteiger partial charge in [0.05, 0.1) is 12.8 Å². The molecule has 1 aromatic heterocycles. The SMILES string of the molecule is COC(=O)CCCc1csc(NC(=O)C2OCCC2C)n1. The standard InChI is InChI=1S/C14H20N2O4S/c1-9-6-7-20-12(9)13(18)16-14-15-10(8-21-14)4-3-5-11(17)19-2/h8-9,12H,3-7H2,1-2H3,(H,15,16,18). The maximum absolute atomic E-state index is 12.0. The van der Waals surface area contributed by atoms with Crippen LogP contribution in [0, 0.1) is 5.92 Å². The Labute approximate surface area is 127 Å². The van der Waals surface area contributed by atoms with Crippen molar-refractivity contribution >= 4 is 28.3 Å². The third-order valence-electron chi connectivity index (χ3n) is 3.47. The molecule has 1 amide bonds. The summed E-state index contributed by atoms with van der Waals surface area (Å²) < 4.78 is 10.0. The fraction of sp³-hybridized carbons (Fsp3) is 0.643. The first-order valence-corrected chi connectivity index (χ1v) is 7.92. The van der Waals surface area contributed by atoms with E-state index in [1.807, 2.05) is 12.3 Å². The van der Waals surface area contributed by atoms with Gasteiger partial charge in [0.25, 0.3) is 5.91 Å². The molecule has 2 rings (SSSR count). The number of aromatic nitrogens is 1. The first-order valence-electron chi connectivity index (χ1n) is 7.04. The van der Waals surface area contributed by atoms with E-state index in [1.54, 1.807) is 0 Å². The number of hydrogen-bond donors (Lipinski definition) is 1. The molecule has 1 aromatic rings. The zero-order valence-electron chi connectivity index (χ0n) is 12.3. The number of esters is 1. The van der Waals surface area contributed by atoms with Gasteiger partial charge in [0.2, 0.25) is 0 Å². The molecule has 21 heavy (non-hydrogen) atoms. The summed E-state index contributed by atoms with van der Waals surface area (Å²) in [6.07, 6.45) is 2.29. The minimum absolute atomic E-state index is 0.129. The molecule has 0 radical (unpaired) electrons. The Balaban J connectivity index is 1.80. The van der Waals surface area contributed by atoms with Crippen LogP contribution in [0.1, 0.15) is 31.9 Å². The number of amides is 1. The monoisotopic (exact) mass is 312 g/mol. The van der Waals surface area contributed by atoms with Crippen LogP contribution in [0.5, 0.6) is 0 Å². The Morgan fingerprint density at radius 3 is 3.05 bits per heavy atom. The molecule has 2 heterocycles. The van der Waals surface area contributed by atoms with Crippen molar-refractivity contribution in [2.24, 2.45) is 5.92 Å². The Hall–Kier alpha value is -1.47. The van der Waals surface area contributed by atoms with E-state index in [2.05, 4.69) is 15.0 Å². The molecular weight excluding hydrogens is 292 g/mol. The van der Waals surface area contributed by atoms with E-state index < -0.39 is 0 Å². The Bertz CT molecular complexity index is 503. The van der Waals surface area contributed by atoms with Gasteiger partial charge < -0.3 is 9.47 Å². The number of anilines is 1. The van der Waals surface area contributed by atoms with Crippen molar-refractivity contribution < 1.29 is 19.1 Å². The summed E-state index contributed by atoms with van der Waals surface area (Å²) in [4.78, 5) is 27.4. The summed E-state index contributed by atoms with van der Waals surface area (Å²) in [5.74, 6) is -0.105. The second-order valence-electron chi connectivity index (χ2n) is 5.12. The van der Waals surface area contributed by atoms with Gasteiger partial charge in [-0.25, -0.2) is 4.98 Å². The van der Waals surface area contributed by atoms with E-state index in [9.17, 15) is 9.59 Å². The summed E-state index contributed by atoms with van der Waals surface area (Å²) in [5, 5.41) is 5.27. The van der Waals surface area contributed by atoms with Gasteiger partial charge in [0.15, 0.2) is 5.13 Å². The highest BCUT2D eigenvalue weighted by atomic mass is 32.1. The lowest BCUT2D eigenvalue weighted by Crippen LogP contribution is -2.31. The highest BCUT2D eigenvalue weighted by molar-refractivity contribution is 7.13. The molecule has 1 saturated heterocycles. The van der Waals surface area contributed by atoms with Crippen molar-refractivity contribution in [3.05, 3.63) is 11.1 Å². The van der Waals surface area contributed by atoms with E-state index in [0.717, 1.165) is 12.1 Å². The van der Waals surface area contributed by atoms with Gasteiger partial charge in [-0.1, -0.05) is 6.92 Å². The van der Waals surface area contributed by atoms with E-state index in [-0.39, 0.29) is 23.9 Å². The molecule has 0 aliphatic carbocycles. The maximum Gasteiger partial charge on any atom is 0.305 e. The van der Waals surface area contributed by atoms with Crippen molar-refractivity contribution in [3.63, 3.8) is 0 Å². The normalized spacial score (nSPS) is 21.2. The van der Waals surface area contributed by atoms with Gasteiger partial charge in [-0.2, -0.15) is 0 Å². The van der Waals surface area contributed by atoms with E-state index in [1.165, 1.54) is 18.4 Å². The Morgan fingerprint density at radius 2 is 2.38 bits per heavy atom. The molecule has 0 bridgehead atoms. The summed E-state index contributed by atoms with van der Waals surface area (Å²) in [6.45, 7) is 2.65. The molecule has 7 heteroatoms. The maximum atomic E-state index is 12.0. The average molecular weight is 312 g/mol. The average Bonchev–Trinajstić information content (AvgIpc) is 3.07. The number of ether oxygens (including phenoxy) is 2. The van der Waals surface area contributed by atoms with E-state index >= 15 is 0 Å². The predicted molar refractivity (Wildman–Crippen MR) is 79.2 cm³/mol. The number of carbonyl (C=O) groups is 2. The summed E-state index contributed by atoms with van der Waals surface area (Å²) >= 11 is 1.39. The number of aryl methyl sites for hydroxylation is 1. The number of thiazole rings is 1. The number of nitrogens with one attached hydrogen (secondary N) is 1. The highest BCUT2D eigenvalue weighted by Gasteiger charge is 2.31. The zero-order chi connectivity index (χ0) is 15.2. The first kappa shape index (κ1) is 15.9. The summed E-state index contributed by atoms with van der Waals surface area (Å²) in [7, 11) is 1.38. The molecule has 1 aliphatic rings. The topological polar surface area (TPSA) is 77.5 Å². The largest absolute Gasteiger partial charge is 0.469 e. The molecule has 2 atom stereocenters. The molecule has 6 nitrogen and oxygen atoms in total. The molecule has 1 aliphatic heterocycles. The molecule has 116 valence electrons. The van der Waals surface area contributed by atoms with Crippen molar-refractivity contribution in [1.82, 2.24) is 4.98 Å². The lowest BCUT2D eigenvalue weighted by molar-refractivity contribution is -0.140. The van der Waals surface area contributed by atoms with Gasteiger partial charge in [-0.3, -0.25) is 14.9 Å². The lowest BCUT2D eigenvalue weighted by atomic mass is 10.0. The second-order valence-corrected chi connectivity index (χ2v) is 5.98. The van der Waals surface area contributed by atoms with Gasteiger partial charge in [0, 0.05) is 18.4 Å². The van der Waals surface area contributed by atoms with Crippen LogP contribution in [0.3, 0.4) is 0 Å². The van der Waals surface area contributed by atoms with Gasteiger partial charge >= 0.3 is 5.97 Å². The zero-order valence-corrected chi connectivity index (χ0v) is 13.1. The van der Waals surface area contributed by atoms with Crippen LogP contribution < -0.4 is 5.32 Å². The van der Waals surface area contributed by atoms with Crippen LogP contribution in [-0.4, -0.2) is 36.7 Å². The molecule has 0 aromatic carbocycles. The predicted octanol–water partition coefficient (Wildman–Crippen LogP) is 2.00. The van der Waals surface area contributed by atoms with Gasteiger partial charge in [-0.15, -0.1) is 11.3 Å². The summed E-state index contributed by atoms with van der Waals surface area (Å²) in [5.41, 5.74) is 0.875. The molecular formula is C14H20N2O4S. The molecule has 0 spiro atoms. The quantitative estimate of drug-likeness (QED) is 0.813. The molecule has 0 saturated carbocycles. The fourth-order valence-corrected chi connectivity index (χ4v) is 2.95. The van der Waals surface area contributed by atoms with Crippen molar-refractivity contribution in [2.45, 2.75) is 38.7 Å². The Kier molecular flexibility index (Phi) is 5.69. The van der Waals surface area contributed by atoms with E-state index in [0.29, 0.717) is 31.0 Å². The van der Waals surface area contributed by atoms with Crippen molar-refractivity contribution in [3.8, 4) is 0 Å². The highest BCUT2D eigenvalue weighted by Crippen LogP contribution is 2.23. The van der Waals surface area contributed by atoms with E-state index in [4.69, 9.17) is 4.74 Å².